The summed E-state index contributed by atoms with van der Waals surface area (Å²) in [4.78, 5) is 2.22. The fraction of sp³-hybridized carbons (Fsp3) is 0.571. The molecule has 0 saturated carbocycles. The van der Waals surface area contributed by atoms with Gasteiger partial charge in [0.2, 0.25) is 0 Å². The number of hydrogen-bond acceptors (Lipinski definition) is 3. The Bertz CT molecular complexity index is 437. The van der Waals surface area contributed by atoms with Crippen LogP contribution in [0.3, 0.4) is 0 Å². The minimum absolute atomic E-state index is 0.395. The largest absolute Gasteiger partial charge is 0.390 e. The molecular weight excluding hydrogens is 250 g/mol. The first-order valence-electron chi connectivity index (χ1n) is 6.54. The van der Waals surface area contributed by atoms with Crippen molar-refractivity contribution in [2.45, 2.75) is 25.3 Å². The number of nitrogens with one attached hydrogen (secondary N) is 1. The summed E-state index contributed by atoms with van der Waals surface area (Å²) in [5, 5.41) is 11.2. The molecule has 5 heteroatoms. The van der Waals surface area contributed by atoms with Crippen LogP contribution in [0.2, 0.25) is 0 Å². The van der Waals surface area contributed by atoms with E-state index in [4.69, 9.17) is 5.11 Å². The fourth-order valence-corrected chi connectivity index (χ4v) is 2.39. The first-order valence-corrected chi connectivity index (χ1v) is 6.54. The topological polar surface area (TPSA) is 35.5 Å². The molecule has 0 atom stereocenters. The van der Waals surface area contributed by atoms with Gasteiger partial charge in [0, 0.05) is 25.8 Å². The molecule has 0 unspecified atom stereocenters. The maximum Gasteiger partial charge on any atom is 0.282 e. The number of alkyl halides is 2. The second-order valence-electron chi connectivity index (χ2n) is 5.11. The number of hydrogen-bond donors (Lipinski definition) is 2. The summed E-state index contributed by atoms with van der Waals surface area (Å²) in [7, 11) is 2.07. The molecule has 0 fully saturated rings. The lowest BCUT2D eigenvalue weighted by molar-refractivity contribution is -0.0477. The molecule has 0 aromatic heterocycles. The normalized spacial score (nSPS) is 15.5. The van der Waals surface area contributed by atoms with Crippen molar-refractivity contribution in [1.29, 1.82) is 0 Å². The van der Waals surface area contributed by atoms with Crippen LogP contribution in [0.25, 0.3) is 0 Å². The standard InChI is InChI=1S/C14H20F2N2O/c1-18-6-2-3-12-7-11(4-5-13(12)18)8-17-9-14(15,16)10-19/h4-5,7,17,19H,2-3,6,8-10H2,1H3. The van der Waals surface area contributed by atoms with E-state index in [2.05, 4.69) is 29.4 Å². The minimum Gasteiger partial charge on any atom is -0.390 e. The van der Waals surface area contributed by atoms with Crippen molar-refractivity contribution >= 4 is 5.69 Å². The molecule has 0 radical (unpaired) electrons. The number of anilines is 1. The Balaban J connectivity index is 1.95. The summed E-state index contributed by atoms with van der Waals surface area (Å²) < 4.78 is 25.7. The van der Waals surface area contributed by atoms with Crippen molar-refractivity contribution in [1.82, 2.24) is 5.32 Å². The van der Waals surface area contributed by atoms with Gasteiger partial charge in [-0.2, -0.15) is 0 Å². The van der Waals surface area contributed by atoms with Crippen LogP contribution in [-0.2, 0) is 13.0 Å². The summed E-state index contributed by atoms with van der Waals surface area (Å²) in [6.07, 6.45) is 2.17. The monoisotopic (exact) mass is 270 g/mol. The number of aryl methyl sites for hydroxylation is 1. The van der Waals surface area contributed by atoms with Crippen molar-refractivity contribution in [2.75, 3.05) is 31.6 Å². The Morgan fingerprint density at radius 1 is 1.42 bits per heavy atom. The number of aliphatic hydroxyl groups excluding tert-OH is 1. The van der Waals surface area contributed by atoms with E-state index in [0.29, 0.717) is 6.54 Å². The molecule has 0 amide bonds. The van der Waals surface area contributed by atoms with Crippen LogP contribution < -0.4 is 10.2 Å². The SMILES string of the molecule is CN1CCCc2cc(CNCC(F)(F)CO)ccc21. The van der Waals surface area contributed by atoms with Gasteiger partial charge in [-0.05, 0) is 30.0 Å². The molecule has 0 aliphatic carbocycles. The summed E-state index contributed by atoms with van der Waals surface area (Å²) in [6, 6.07) is 6.09. The number of benzene rings is 1. The molecule has 106 valence electrons. The van der Waals surface area contributed by atoms with Crippen LogP contribution in [0.1, 0.15) is 17.5 Å². The average Bonchev–Trinajstić information content (AvgIpc) is 2.39. The van der Waals surface area contributed by atoms with Crippen molar-refractivity contribution in [3.8, 4) is 0 Å². The Hall–Kier alpha value is -1.20. The van der Waals surface area contributed by atoms with E-state index in [0.717, 1.165) is 24.9 Å². The quantitative estimate of drug-likeness (QED) is 0.856. The molecule has 1 heterocycles. The van der Waals surface area contributed by atoms with Gasteiger partial charge in [-0.1, -0.05) is 12.1 Å². The third-order valence-corrected chi connectivity index (χ3v) is 3.44. The van der Waals surface area contributed by atoms with E-state index in [-0.39, 0.29) is 0 Å². The highest BCUT2D eigenvalue weighted by atomic mass is 19.3. The lowest BCUT2D eigenvalue weighted by atomic mass is 9.99. The zero-order valence-electron chi connectivity index (χ0n) is 11.1. The van der Waals surface area contributed by atoms with Crippen LogP contribution in [-0.4, -0.2) is 37.8 Å². The Morgan fingerprint density at radius 2 is 2.21 bits per heavy atom. The van der Waals surface area contributed by atoms with Crippen LogP contribution in [0, 0.1) is 0 Å². The molecule has 2 N–H and O–H groups in total. The number of rotatable bonds is 5. The zero-order chi connectivity index (χ0) is 13.9. The van der Waals surface area contributed by atoms with Gasteiger partial charge in [0.1, 0.15) is 6.61 Å². The highest BCUT2D eigenvalue weighted by Gasteiger charge is 2.26. The number of aliphatic hydroxyl groups is 1. The van der Waals surface area contributed by atoms with Crippen LogP contribution in [0.5, 0.6) is 0 Å². The minimum atomic E-state index is -3.05. The van der Waals surface area contributed by atoms with Crippen molar-refractivity contribution in [3.05, 3.63) is 29.3 Å². The van der Waals surface area contributed by atoms with Gasteiger partial charge in [0.05, 0.1) is 6.54 Å². The second-order valence-corrected chi connectivity index (χ2v) is 5.11. The summed E-state index contributed by atoms with van der Waals surface area (Å²) >= 11 is 0. The smallest absolute Gasteiger partial charge is 0.282 e. The Morgan fingerprint density at radius 3 is 2.95 bits per heavy atom. The first kappa shape index (κ1) is 14.2. The van der Waals surface area contributed by atoms with Gasteiger partial charge in [0.25, 0.3) is 5.92 Å². The number of nitrogens with zero attached hydrogens (tertiary/aromatic N) is 1. The molecule has 1 aliphatic heterocycles. The molecule has 0 bridgehead atoms. The van der Waals surface area contributed by atoms with Crippen LogP contribution >= 0.6 is 0 Å². The van der Waals surface area contributed by atoms with Crippen molar-refractivity contribution in [3.63, 3.8) is 0 Å². The van der Waals surface area contributed by atoms with E-state index in [1.807, 2.05) is 6.07 Å². The maximum absolute atomic E-state index is 12.9. The van der Waals surface area contributed by atoms with Gasteiger partial charge in [0.15, 0.2) is 0 Å². The lowest BCUT2D eigenvalue weighted by Crippen LogP contribution is -2.35. The van der Waals surface area contributed by atoms with Crippen LogP contribution in [0.4, 0.5) is 14.5 Å². The van der Waals surface area contributed by atoms with Crippen molar-refractivity contribution < 1.29 is 13.9 Å². The molecule has 1 aliphatic rings. The van der Waals surface area contributed by atoms with Gasteiger partial charge in [-0.25, -0.2) is 8.78 Å². The lowest BCUT2D eigenvalue weighted by Gasteiger charge is -2.28. The van der Waals surface area contributed by atoms with Gasteiger partial charge < -0.3 is 15.3 Å². The summed E-state index contributed by atoms with van der Waals surface area (Å²) in [5.41, 5.74) is 3.51. The van der Waals surface area contributed by atoms with E-state index in [1.165, 1.54) is 11.3 Å². The molecule has 1 aromatic rings. The van der Waals surface area contributed by atoms with Crippen LogP contribution in [0.15, 0.2) is 18.2 Å². The van der Waals surface area contributed by atoms with E-state index >= 15 is 0 Å². The van der Waals surface area contributed by atoms with E-state index in [9.17, 15) is 8.78 Å². The predicted molar refractivity (Wildman–Crippen MR) is 71.8 cm³/mol. The Labute approximate surface area is 112 Å². The third kappa shape index (κ3) is 3.64. The Kier molecular flexibility index (Phi) is 4.37. The average molecular weight is 270 g/mol. The molecule has 2 rings (SSSR count). The summed E-state index contributed by atoms with van der Waals surface area (Å²) in [6.45, 7) is -0.157. The molecule has 19 heavy (non-hydrogen) atoms. The number of fused-ring (bicyclic) bond motifs is 1. The van der Waals surface area contributed by atoms with E-state index in [1.54, 1.807) is 0 Å². The molecular formula is C14H20F2N2O. The van der Waals surface area contributed by atoms with Gasteiger partial charge in [-0.15, -0.1) is 0 Å². The maximum atomic E-state index is 12.9. The molecule has 0 spiro atoms. The predicted octanol–water partition coefficient (Wildman–Crippen LogP) is 1.79. The fourth-order valence-electron chi connectivity index (χ4n) is 2.39. The zero-order valence-corrected chi connectivity index (χ0v) is 11.1. The first-order chi connectivity index (χ1) is 9.02. The third-order valence-electron chi connectivity index (χ3n) is 3.44. The highest BCUT2D eigenvalue weighted by Crippen LogP contribution is 2.26. The van der Waals surface area contributed by atoms with Gasteiger partial charge in [-0.3, -0.25) is 0 Å². The molecule has 1 aromatic carbocycles. The highest BCUT2D eigenvalue weighted by molar-refractivity contribution is 5.56. The molecule has 0 saturated heterocycles. The van der Waals surface area contributed by atoms with E-state index < -0.39 is 19.1 Å². The van der Waals surface area contributed by atoms with Gasteiger partial charge >= 0.3 is 0 Å². The van der Waals surface area contributed by atoms with Crippen molar-refractivity contribution in [2.24, 2.45) is 0 Å². The summed E-state index contributed by atoms with van der Waals surface area (Å²) in [5.74, 6) is -3.05. The molecule has 3 nitrogen and oxygen atoms in total. The second kappa shape index (κ2) is 5.84. The number of halogens is 2.